The molecule has 4 aromatic rings. The lowest BCUT2D eigenvalue weighted by molar-refractivity contribution is 0.102. The van der Waals surface area contributed by atoms with Gasteiger partial charge >= 0.3 is 0 Å². The highest BCUT2D eigenvalue weighted by molar-refractivity contribution is 6.06. The predicted octanol–water partition coefficient (Wildman–Crippen LogP) is 5.93. The summed E-state index contributed by atoms with van der Waals surface area (Å²) in [6.45, 7) is 8.05. The van der Waals surface area contributed by atoms with Crippen molar-refractivity contribution < 1.29 is 9.53 Å². The highest BCUT2D eigenvalue weighted by Gasteiger charge is 2.15. The maximum atomic E-state index is 13.0. The van der Waals surface area contributed by atoms with Gasteiger partial charge in [-0.2, -0.15) is 0 Å². The van der Waals surface area contributed by atoms with Crippen LogP contribution in [0.4, 0.5) is 5.69 Å². The number of aromatic nitrogens is 1. The summed E-state index contributed by atoms with van der Waals surface area (Å²) in [7, 11) is 0. The smallest absolute Gasteiger partial charge is 0.255 e. The first kappa shape index (κ1) is 22.6. The number of pyridine rings is 1. The molecule has 176 valence electrons. The van der Waals surface area contributed by atoms with Gasteiger partial charge in [0.25, 0.3) is 5.91 Å². The number of amides is 1. The molecule has 1 aliphatic rings. The zero-order valence-corrected chi connectivity index (χ0v) is 20.1. The van der Waals surface area contributed by atoms with Gasteiger partial charge in [-0.25, -0.2) is 0 Å². The molecule has 35 heavy (non-hydrogen) atoms. The molecule has 0 saturated carbocycles. The molecule has 0 aliphatic carbocycles. The fraction of sp³-hybridized carbons (Fsp3) is 0.207. The number of anilines is 1. The zero-order chi connectivity index (χ0) is 24.4. The van der Waals surface area contributed by atoms with E-state index in [0.717, 1.165) is 41.1 Å². The van der Waals surface area contributed by atoms with Crippen molar-refractivity contribution >= 4 is 28.2 Å². The van der Waals surface area contributed by atoms with Crippen molar-refractivity contribution in [3.63, 3.8) is 0 Å². The number of carbonyl (C=O) groups is 1. The van der Waals surface area contributed by atoms with E-state index in [1.807, 2.05) is 66.7 Å². The number of aliphatic imine (C=N–C) groups is 1. The predicted molar refractivity (Wildman–Crippen MR) is 141 cm³/mol. The molecule has 0 bridgehead atoms. The van der Waals surface area contributed by atoms with Crippen molar-refractivity contribution in [2.24, 2.45) is 4.99 Å². The molecule has 2 N–H and O–H groups in total. The normalized spacial score (nSPS) is 13.3. The van der Waals surface area contributed by atoms with Gasteiger partial charge in [-0.05, 0) is 64.2 Å². The van der Waals surface area contributed by atoms with Crippen LogP contribution in [0.15, 0.2) is 84.0 Å². The van der Waals surface area contributed by atoms with E-state index < -0.39 is 0 Å². The van der Waals surface area contributed by atoms with Gasteiger partial charge in [-0.3, -0.25) is 14.8 Å². The molecule has 2 heterocycles. The van der Waals surface area contributed by atoms with E-state index in [9.17, 15) is 4.79 Å². The van der Waals surface area contributed by atoms with Crippen LogP contribution in [-0.2, 0) is 5.41 Å². The second-order valence-electron chi connectivity index (χ2n) is 9.64. The molecule has 6 heteroatoms. The molecule has 0 spiro atoms. The van der Waals surface area contributed by atoms with Crippen molar-refractivity contribution in [1.82, 2.24) is 10.3 Å². The van der Waals surface area contributed by atoms with Crippen molar-refractivity contribution in [2.45, 2.75) is 26.2 Å². The summed E-state index contributed by atoms with van der Waals surface area (Å²) in [5.74, 6) is 2.01. The van der Waals surface area contributed by atoms with Crippen molar-refractivity contribution in [3.8, 4) is 11.5 Å². The SMILES string of the molecule is CC(C)(C)c1cccc(NC(=O)c2ccc3ccc(Oc4ccnc(C5=NCCN5)c4)cc3c2)c1. The van der Waals surface area contributed by atoms with Crippen LogP contribution in [-0.4, -0.2) is 29.8 Å². The number of hydrogen-bond donors (Lipinski definition) is 2. The van der Waals surface area contributed by atoms with Gasteiger partial charge in [0.15, 0.2) is 0 Å². The Morgan fingerprint density at radius 1 is 0.943 bits per heavy atom. The first-order valence-corrected chi connectivity index (χ1v) is 11.7. The largest absolute Gasteiger partial charge is 0.457 e. The van der Waals surface area contributed by atoms with Crippen LogP contribution in [0.3, 0.4) is 0 Å². The highest BCUT2D eigenvalue weighted by Crippen LogP contribution is 2.28. The first-order chi connectivity index (χ1) is 16.8. The summed E-state index contributed by atoms with van der Waals surface area (Å²) in [4.78, 5) is 21.8. The topological polar surface area (TPSA) is 75.6 Å². The Kier molecular flexibility index (Phi) is 5.95. The lowest BCUT2D eigenvalue weighted by Gasteiger charge is -2.20. The number of carbonyl (C=O) groups excluding carboxylic acids is 1. The summed E-state index contributed by atoms with van der Waals surface area (Å²) in [5.41, 5.74) is 3.32. The Morgan fingerprint density at radius 3 is 2.57 bits per heavy atom. The standard InChI is InChI=1S/C29H28N4O2/c1-29(2,3)22-5-4-6-23(17-22)33-28(34)20-8-7-19-9-10-24(16-21(19)15-20)35-25-11-12-30-26(18-25)27-31-13-14-32-27/h4-12,15-18H,13-14H2,1-3H3,(H,31,32)(H,33,34). The molecular formula is C29H28N4O2. The van der Waals surface area contributed by atoms with Crippen LogP contribution in [0, 0.1) is 0 Å². The number of nitrogens with one attached hydrogen (secondary N) is 2. The minimum atomic E-state index is -0.145. The van der Waals surface area contributed by atoms with Gasteiger partial charge in [0.1, 0.15) is 23.0 Å². The molecule has 0 fully saturated rings. The maximum Gasteiger partial charge on any atom is 0.255 e. The van der Waals surface area contributed by atoms with Crippen molar-refractivity contribution in [3.05, 3.63) is 95.8 Å². The summed E-state index contributed by atoms with van der Waals surface area (Å²) in [6, 6.07) is 23.2. The molecule has 3 aromatic carbocycles. The summed E-state index contributed by atoms with van der Waals surface area (Å²) < 4.78 is 6.10. The van der Waals surface area contributed by atoms with Gasteiger partial charge < -0.3 is 15.4 Å². The highest BCUT2D eigenvalue weighted by atomic mass is 16.5. The number of rotatable bonds is 5. The minimum absolute atomic E-state index is 0.0107. The van der Waals surface area contributed by atoms with Crippen LogP contribution in [0.25, 0.3) is 10.8 Å². The Labute approximate surface area is 205 Å². The molecule has 0 unspecified atom stereocenters. The second-order valence-corrected chi connectivity index (χ2v) is 9.64. The van der Waals surface area contributed by atoms with Gasteiger partial charge in [0.2, 0.25) is 0 Å². The third-order valence-corrected chi connectivity index (χ3v) is 5.94. The second kappa shape index (κ2) is 9.22. The fourth-order valence-corrected chi connectivity index (χ4v) is 4.01. The Morgan fingerprint density at radius 2 is 1.77 bits per heavy atom. The number of ether oxygens (including phenoxy) is 1. The molecule has 1 amide bonds. The van der Waals surface area contributed by atoms with E-state index in [1.54, 1.807) is 6.20 Å². The Hall–Kier alpha value is -4.19. The molecule has 1 aromatic heterocycles. The van der Waals surface area contributed by atoms with E-state index in [-0.39, 0.29) is 11.3 Å². The van der Waals surface area contributed by atoms with Crippen LogP contribution >= 0.6 is 0 Å². The van der Waals surface area contributed by atoms with E-state index in [4.69, 9.17) is 4.74 Å². The summed E-state index contributed by atoms with van der Waals surface area (Å²) in [6.07, 6.45) is 1.71. The van der Waals surface area contributed by atoms with Gasteiger partial charge in [-0.1, -0.05) is 45.0 Å². The van der Waals surface area contributed by atoms with Gasteiger partial charge in [0, 0.05) is 30.1 Å². The average Bonchev–Trinajstić information content (AvgIpc) is 3.39. The van der Waals surface area contributed by atoms with Crippen molar-refractivity contribution in [2.75, 3.05) is 18.4 Å². The zero-order valence-electron chi connectivity index (χ0n) is 20.1. The van der Waals surface area contributed by atoms with E-state index in [0.29, 0.717) is 17.1 Å². The number of amidine groups is 1. The van der Waals surface area contributed by atoms with Crippen LogP contribution < -0.4 is 15.4 Å². The van der Waals surface area contributed by atoms with Crippen LogP contribution in [0.1, 0.15) is 42.4 Å². The third kappa shape index (κ3) is 5.17. The molecule has 5 rings (SSSR count). The number of benzene rings is 3. The van der Waals surface area contributed by atoms with E-state index in [1.165, 1.54) is 5.56 Å². The molecule has 0 radical (unpaired) electrons. The number of hydrogen-bond acceptors (Lipinski definition) is 5. The Balaban J connectivity index is 1.36. The quantitative estimate of drug-likeness (QED) is 0.384. The molecule has 0 saturated heterocycles. The lowest BCUT2D eigenvalue weighted by atomic mass is 9.87. The maximum absolute atomic E-state index is 13.0. The summed E-state index contributed by atoms with van der Waals surface area (Å²) >= 11 is 0. The molecular weight excluding hydrogens is 436 g/mol. The van der Waals surface area contributed by atoms with E-state index in [2.05, 4.69) is 47.4 Å². The third-order valence-electron chi connectivity index (χ3n) is 5.94. The first-order valence-electron chi connectivity index (χ1n) is 11.7. The van der Waals surface area contributed by atoms with Crippen molar-refractivity contribution in [1.29, 1.82) is 0 Å². The number of nitrogens with zero attached hydrogens (tertiary/aromatic N) is 2. The fourth-order valence-electron chi connectivity index (χ4n) is 4.01. The lowest BCUT2D eigenvalue weighted by Crippen LogP contribution is -2.20. The number of fused-ring (bicyclic) bond motifs is 1. The molecule has 0 atom stereocenters. The molecule has 6 nitrogen and oxygen atoms in total. The monoisotopic (exact) mass is 464 g/mol. The van der Waals surface area contributed by atoms with E-state index >= 15 is 0 Å². The Bertz CT molecular complexity index is 1440. The molecule has 1 aliphatic heterocycles. The van der Waals surface area contributed by atoms with Gasteiger partial charge in [0.05, 0.1) is 6.54 Å². The van der Waals surface area contributed by atoms with Crippen LogP contribution in [0.2, 0.25) is 0 Å². The van der Waals surface area contributed by atoms with Gasteiger partial charge in [-0.15, -0.1) is 0 Å². The van der Waals surface area contributed by atoms with Crippen LogP contribution in [0.5, 0.6) is 11.5 Å². The summed E-state index contributed by atoms with van der Waals surface area (Å²) in [5, 5.41) is 8.21. The minimum Gasteiger partial charge on any atom is -0.457 e. The average molecular weight is 465 g/mol.